The maximum absolute atomic E-state index is 13.3. The van der Waals surface area contributed by atoms with Crippen molar-refractivity contribution in [3.8, 4) is 0 Å². The molecule has 1 N–H and O–H groups in total. The van der Waals surface area contributed by atoms with E-state index in [0.717, 1.165) is 0 Å². The minimum atomic E-state index is -0.540. The Hall–Kier alpha value is -3.22. The monoisotopic (exact) mass is 314 g/mol. The number of nitrogens with zero attached hydrogens (tertiary/aromatic N) is 1. The summed E-state index contributed by atoms with van der Waals surface area (Å²) in [5, 5.41) is 13.8. The predicted molar refractivity (Wildman–Crippen MR) is 81.6 cm³/mol. The zero-order valence-electron chi connectivity index (χ0n) is 11.8. The number of carbonyl (C=O) groups is 1. The Balaban J connectivity index is 1.77. The van der Waals surface area contributed by atoms with Crippen LogP contribution in [0, 0.1) is 15.9 Å². The molecule has 1 aromatic heterocycles. The molecular formula is C16H11FN2O4. The van der Waals surface area contributed by atoms with Crippen LogP contribution in [0.5, 0.6) is 0 Å². The number of halogens is 1. The maximum atomic E-state index is 13.3. The van der Waals surface area contributed by atoms with Crippen LogP contribution in [0.1, 0.15) is 5.56 Å². The Labute approximate surface area is 129 Å². The first-order chi connectivity index (χ1) is 11.0. The van der Waals surface area contributed by atoms with Crippen LogP contribution >= 0.6 is 0 Å². The van der Waals surface area contributed by atoms with Gasteiger partial charge in [0.1, 0.15) is 11.4 Å². The van der Waals surface area contributed by atoms with Crippen molar-refractivity contribution in [3.63, 3.8) is 0 Å². The van der Waals surface area contributed by atoms with E-state index in [1.807, 2.05) is 0 Å². The van der Waals surface area contributed by atoms with Gasteiger partial charge in [0.2, 0.25) is 5.91 Å². The Morgan fingerprint density at radius 2 is 2.09 bits per heavy atom. The van der Waals surface area contributed by atoms with E-state index in [1.54, 1.807) is 6.07 Å². The molecule has 0 aliphatic rings. The first-order valence-electron chi connectivity index (χ1n) is 6.73. The predicted octanol–water partition coefficient (Wildman–Crippen LogP) is 3.66. The number of anilines is 1. The lowest BCUT2D eigenvalue weighted by Crippen LogP contribution is -2.14. The molecule has 0 atom stereocenters. The van der Waals surface area contributed by atoms with E-state index in [1.165, 1.54) is 42.7 Å². The van der Waals surface area contributed by atoms with Crippen molar-refractivity contribution in [1.82, 2.24) is 0 Å². The molecule has 1 heterocycles. The second-order valence-electron chi connectivity index (χ2n) is 4.93. The van der Waals surface area contributed by atoms with Crippen molar-refractivity contribution in [3.05, 3.63) is 70.2 Å². The lowest BCUT2D eigenvalue weighted by atomic mass is 10.1. The third-order valence-electron chi connectivity index (χ3n) is 3.31. The number of nitro benzene ring substituents is 1. The smallest absolute Gasteiger partial charge is 0.271 e. The van der Waals surface area contributed by atoms with Gasteiger partial charge in [0.25, 0.3) is 5.69 Å². The topological polar surface area (TPSA) is 85.4 Å². The largest absolute Gasteiger partial charge is 0.464 e. The molecule has 0 unspecified atom stereocenters. The molecule has 0 aliphatic carbocycles. The highest BCUT2D eigenvalue weighted by atomic mass is 19.1. The minimum absolute atomic E-state index is 0.0286. The van der Waals surface area contributed by atoms with Gasteiger partial charge in [0.05, 0.1) is 17.6 Å². The standard InChI is InChI=1S/C16H11FN2O4/c17-11-4-5-15-14(7-11)10(9-23-15)6-16(20)18-12-2-1-3-13(8-12)19(21)22/h1-5,7-9H,6H2,(H,18,20). The van der Waals surface area contributed by atoms with Gasteiger partial charge in [-0.15, -0.1) is 0 Å². The quantitative estimate of drug-likeness (QED) is 0.588. The van der Waals surface area contributed by atoms with Crippen LogP contribution in [0.2, 0.25) is 0 Å². The van der Waals surface area contributed by atoms with E-state index in [4.69, 9.17) is 4.42 Å². The van der Waals surface area contributed by atoms with Gasteiger partial charge in [-0.25, -0.2) is 4.39 Å². The van der Waals surface area contributed by atoms with Crippen molar-refractivity contribution in [2.24, 2.45) is 0 Å². The fraction of sp³-hybridized carbons (Fsp3) is 0.0625. The zero-order valence-corrected chi connectivity index (χ0v) is 11.8. The number of amides is 1. The normalized spacial score (nSPS) is 10.7. The molecule has 23 heavy (non-hydrogen) atoms. The number of nitrogens with one attached hydrogen (secondary N) is 1. The van der Waals surface area contributed by atoms with Crippen molar-refractivity contribution >= 4 is 28.3 Å². The molecule has 0 radical (unpaired) electrons. The first-order valence-corrected chi connectivity index (χ1v) is 6.73. The van der Waals surface area contributed by atoms with Gasteiger partial charge in [-0.3, -0.25) is 14.9 Å². The van der Waals surface area contributed by atoms with Crippen LogP contribution in [0.3, 0.4) is 0 Å². The second-order valence-corrected chi connectivity index (χ2v) is 4.93. The molecule has 0 saturated carbocycles. The minimum Gasteiger partial charge on any atom is -0.464 e. The van der Waals surface area contributed by atoms with Gasteiger partial charge in [0.15, 0.2) is 0 Å². The highest BCUT2D eigenvalue weighted by Crippen LogP contribution is 2.23. The maximum Gasteiger partial charge on any atom is 0.271 e. The molecule has 0 fully saturated rings. The summed E-state index contributed by atoms with van der Waals surface area (Å²) in [6, 6.07) is 9.71. The van der Waals surface area contributed by atoms with E-state index >= 15 is 0 Å². The van der Waals surface area contributed by atoms with Crippen LogP contribution in [0.25, 0.3) is 11.0 Å². The van der Waals surface area contributed by atoms with Crippen LogP contribution in [0.4, 0.5) is 15.8 Å². The molecule has 116 valence electrons. The second kappa shape index (κ2) is 5.88. The number of hydrogen-bond acceptors (Lipinski definition) is 4. The highest BCUT2D eigenvalue weighted by Gasteiger charge is 2.13. The van der Waals surface area contributed by atoms with Crippen LogP contribution < -0.4 is 5.32 Å². The summed E-state index contributed by atoms with van der Waals surface area (Å²) in [7, 11) is 0. The average Bonchev–Trinajstić information content (AvgIpc) is 2.89. The number of rotatable bonds is 4. The van der Waals surface area contributed by atoms with Crippen molar-refractivity contribution in [2.45, 2.75) is 6.42 Å². The first kappa shape index (κ1) is 14.7. The lowest BCUT2D eigenvalue weighted by molar-refractivity contribution is -0.384. The number of fused-ring (bicyclic) bond motifs is 1. The summed E-state index contributed by atoms with van der Waals surface area (Å²) in [5.74, 6) is -0.795. The Morgan fingerprint density at radius 3 is 2.87 bits per heavy atom. The highest BCUT2D eigenvalue weighted by molar-refractivity contribution is 5.95. The summed E-state index contributed by atoms with van der Waals surface area (Å²) in [6.45, 7) is 0. The Kier molecular flexibility index (Phi) is 3.76. The molecule has 1 amide bonds. The van der Waals surface area contributed by atoms with Gasteiger partial charge in [0, 0.05) is 28.8 Å². The van der Waals surface area contributed by atoms with Crippen LogP contribution in [0.15, 0.2) is 53.1 Å². The summed E-state index contributed by atoms with van der Waals surface area (Å²) < 4.78 is 18.6. The van der Waals surface area contributed by atoms with E-state index in [-0.39, 0.29) is 18.0 Å². The SMILES string of the molecule is O=C(Cc1coc2ccc(F)cc12)Nc1cccc([N+](=O)[O-])c1. The van der Waals surface area contributed by atoms with Gasteiger partial charge in [-0.2, -0.15) is 0 Å². The zero-order chi connectivity index (χ0) is 16.4. The molecule has 0 aliphatic heterocycles. The van der Waals surface area contributed by atoms with Crippen molar-refractivity contribution < 1.29 is 18.5 Å². The average molecular weight is 314 g/mol. The van der Waals surface area contributed by atoms with Crippen LogP contribution in [-0.2, 0) is 11.2 Å². The summed E-state index contributed by atoms with van der Waals surface area (Å²) in [4.78, 5) is 22.3. The molecule has 0 bridgehead atoms. The number of carbonyl (C=O) groups excluding carboxylic acids is 1. The molecule has 2 aromatic carbocycles. The molecule has 3 rings (SSSR count). The van der Waals surface area contributed by atoms with Crippen molar-refractivity contribution in [2.75, 3.05) is 5.32 Å². The van der Waals surface area contributed by atoms with Gasteiger partial charge >= 0.3 is 0 Å². The van der Waals surface area contributed by atoms with E-state index in [0.29, 0.717) is 22.2 Å². The van der Waals surface area contributed by atoms with Gasteiger partial charge < -0.3 is 9.73 Å². The summed E-state index contributed by atoms with van der Waals surface area (Å²) in [5.41, 5.74) is 1.24. The van der Waals surface area contributed by atoms with E-state index < -0.39 is 10.7 Å². The number of furan rings is 1. The lowest BCUT2D eigenvalue weighted by Gasteiger charge is -2.04. The Morgan fingerprint density at radius 1 is 1.26 bits per heavy atom. The molecule has 0 saturated heterocycles. The van der Waals surface area contributed by atoms with E-state index in [9.17, 15) is 19.3 Å². The fourth-order valence-corrected chi connectivity index (χ4v) is 2.27. The summed E-state index contributed by atoms with van der Waals surface area (Å²) in [6.07, 6.45) is 1.37. The van der Waals surface area contributed by atoms with E-state index in [2.05, 4.69) is 5.32 Å². The number of hydrogen-bond donors (Lipinski definition) is 1. The van der Waals surface area contributed by atoms with Gasteiger partial charge in [-0.05, 0) is 24.3 Å². The Bertz CT molecular complexity index is 904. The number of nitro groups is 1. The third-order valence-corrected chi connectivity index (χ3v) is 3.31. The molecule has 7 heteroatoms. The third kappa shape index (κ3) is 3.18. The van der Waals surface area contributed by atoms with Crippen molar-refractivity contribution in [1.29, 1.82) is 0 Å². The fourth-order valence-electron chi connectivity index (χ4n) is 2.27. The van der Waals surface area contributed by atoms with Crippen LogP contribution in [-0.4, -0.2) is 10.8 Å². The molecule has 6 nitrogen and oxygen atoms in total. The number of benzene rings is 2. The molecular weight excluding hydrogens is 303 g/mol. The molecule has 0 spiro atoms. The molecule has 3 aromatic rings. The summed E-state index contributed by atoms with van der Waals surface area (Å²) >= 11 is 0. The number of non-ortho nitro benzene ring substituents is 1. The van der Waals surface area contributed by atoms with Gasteiger partial charge in [-0.1, -0.05) is 6.07 Å².